The maximum absolute atomic E-state index is 5.06. The fraction of sp³-hybridized carbons (Fsp3) is 0.647. The van der Waals surface area contributed by atoms with Crippen molar-refractivity contribution < 1.29 is 4.74 Å². The second-order valence-corrected chi connectivity index (χ2v) is 6.09. The molecule has 0 radical (unpaired) electrons. The Morgan fingerprint density at radius 3 is 2.81 bits per heavy atom. The summed E-state index contributed by atoms with van der Waals surface area (Å²) < 4.78 is 5.06. The first-order valence-corrected chi connectivity index (χ1v) is 7.86. The zero-order chi connectivity index (χ0) is 15.2. The number of ether oxygens (including phenoxy) is 1. The first-order chi connectivity index (χ1) is 10.1. The number of hydrogen-bond donors (Lipinski definition) is 1. The van der Waals surface area contributed by atoms with Gasteiger partial charge in [0.05, 0.1) is 6.61 Å². The van der Waals surface area contributed by atoms with Crippen LogP contribution in [0.15, 0.2) is 18.2 Å². The van der Waals surface area contributed by atoms with Crippen molar-refractivity contribution in [1.82, 2.24) is 10.2 Å². The fourth-order valence-electron chi connectivity index (χ4n) is 2.98. The van der Waals surface area contributed by atoms with Crippen molar-refractivity contribution in [2.75, 3.05) is 51.8 Å². The summed E-state index contributed by atoms with van der Waals surface area (Å²) in [6, 6.07) is 7.43. The van der Waals surface area contributed by atoms with E-state index in [0.717, 1.165) is 39.3 Å². The van der Waals surface area contributed by atoms with E-state index >= 15 is 0 Å². The lowest BCUT2D eigenvalue weighted by atomic mass is 10.1. The smallest absolute Gasteiger partial charge is 0.0587 e. The number of hydrogen-bond acceptors (Lipinski definition) is 4. The maximum atomic E-state index is 5.06. The zero-order valence-electron chi connectivity index (χ0n) is 13.9. The third-order valence-electron chi connectivity index (χ3n) is 4.29. The van der Waals surface area contributed by atoms with E-state index in [-0.39, 0.29) is 0 Å². The van der Waals surface area contributed by atoms with Gasteiger partial charge in [0.1, 0.15) is 0 Å². The number of likely N-dealkylation sites (N-methyl/N-ethyl adjacent to an activating group) is 1. The Morgan fingerprint density at radius 2 is 2.14 bits per heavy atom. The molecule has 0 aliphatic carbocycles. The number of aryl methyl sites for hydroxylation is 1. The summed E-state index contributed by atoms with van der Waals surface area (Å²) in [6.07, 6.45) is 0. The Labute approximate surface area is 129 Å². The number of anilines is 1. The molecule has 1 heterocycles. The van der Waals surface area contributed by atoms with Gasteiger partial charge in [-0.25, -0.2) is 0 Å². The van der Waals surface area contributed by atoms with Crippen molar-refractivity contribution in [3.8, 4) is 0 Å². The minimum absolute atomic E-state index is 0.578. The molecule has 0 spiro atoms. The van der Waals surface area contributed by atoms with Crippen molar-refractivity contribution in [2.45, 2.75) is 26.4 Å². The van der Waals surface area contributed by atoms with Crippen LogP contribution in [-0.4, -0.2) is 57.9 Å². The Hall–Kier alpha value is -1.10. The maximum Gasteiger partial charge on any atom is 0.0587 e. The number of methoxy groups -OCH3 is 1. The van der Waals surface area contributed by atoms with Gasteiger partial charge in [-0.15, -0.1) is 0 Å². The van der Waals surface area contributed by atoms with Gasteiger partial charge in [-0.05, 0) is 44.2 Å². The minimum Gasteiger partial charge on any atom is -0.383 e. The number of nitrogens with one attached hydrogen (secondary N) is 1. The minimum atomic E-state index is 0.578. The molecule has 0 amide bonds. The summed E-state index contributed by atoms with van der Waals surface area (Å²) >= 11 is 0. The quantitative estimate of drug-likeness (QED) is 0.810. The predicted molar refractivity (Wildman–Crippen MR) is 89.1 cm³/mol. The second-order valence-electron chi connectivity index (χ2n) is 6.09. The molecule has 0 saturated carbocycles. The first kappa shape index (κ1) is 16.3. The number of rotatable bonds is 6. The predicted octanol–water partition coefficient (Wildman–Crippen LogP) is 1.87. The number of benzene rings is 1. The molecule has 4 nitrogen and oxygen atoms in total. The molecule has 1 aliphatic heterocycles. The van der Waals surface area contributed by atoms with Crippen molar-refractivity contribution in [1.29, 1.82) is 0 Å². The first-order valence-electron chi connectivity index (χ1n) is 7.86. The van der Waals surface area contributed by atoms with Crippen LogP contribution in [0.3, 0.4) is 0 Å². The molecule has 21 heavy (non-hydrogen) atoms. The normalized spacial score (nSPS) is 20.0. The van der Waals surface area contributed by atoms with Gasteiger partial charge in [-0.2, -0.15) is 0 Å². The fourth-order valence-corrected chi connectivity index (χ4v) is 2.98. The molecule has 1 N–H and O–H groups in total. The molecule has 118 valence electrons. The van der Waals surface area contributed by atoms with E-state index in [1.807, 2.05) is 0 Å². The average Bonchev–Trinajstić information content (AvgIpc) is 2.45. The van der Waals surface area contributed by atoms with Gasteiger partial charge in [0.25, 0.3) is 0 Å². The van der Waals surface area contributed by atoms with Gasteiger partial charge < -0.3 is 19.9 Å². The molecule has 1 aliphatic rings. The van der Waals surface area contributed by atoms with Crippen molar-refractivity contribution in [3.63, 3.8) is 0 Å². The third kappa shape index (κ3) is 4.43. The van der Waals surface area contributed by atoms with Crippen LogP contribution in [0.5, 0.6) is 0 Å². The molecule has 1 unspecified atom stereocenters. The lowest BCUT2D eigenvalue weighted by Gasteiger charge is -2.40. The van der Waals surface area contributed by atoms with E-state index in [1.165, 1.54) is 16.8 Å². The molecule has 1 atom stereocenters. The molecule has 2 rings (SSSR count). The summed E-state index contributed by atoms with van der Waals surface area (Å²) in [5.74, 6) is 0. The highest BCUT2D eigenvalue weighted by atomic mass is 16.5. The van der Waals surface area contributed by atoms with Gasteiger partial charge in [-0.3, -0.25) is 0 Å². The lowest BCUT2D eigenvalue weighted by molar-refractivity contribution is 0.199. The van der Waals surface area contributed by atoms with Crippen LogP contribution < -0.4 is 10.2 Å². The molecule has 1 aromatic rings. The highest BCUT2D eigenvalue weighted by molar-refractivity contribution is 5.52. The monoisotopic (exact) mass is 291 g/mol. The summed E-state index contributed by atoms with van der Waals surface area (Å²) in [5.41, 5.74) is 4.09. The highest BCUT2D eigenvalue weighted by Gasteiger charge is 2.21. The molecule has 1 aromatic carbocycles. The van der Waals surface area contributed by atoms with Crippen LogP contribution in [0.1, 0.15) is 18.1 Å². The average molecular weight is 291 g/mol. The third-order valence-corrected chi connectivity index (χ3v) is 4.29. The van der Waals surface area contributed by atoms with Crippen LogP contribution in [0.4, 0.5) is 5.69 Å². The van der Waals surface area contributed by atoms with E-state index in [1.54, 1.807) is 7.11 Å². The molecule has 4 heteroatoms. The Bertz CT molecular complexity index is 450. The molecule has 0 bridgehead atoms. The van der Waals surface area contributed by atoms with E-state index in [9.17, 15) is 0 Å². The van der Waals surface area contributed by atoms with E-state index in [2.05, 4.69) is 54.2 Å². The standard InChI is InChI=1S/C17H29N3O/c1-14-11-17(20-9-8-19(3)13-15(20)2)6-5-16(14)12-18-7-10-21-4/h5-6,11,15,18H,7-10,12-13H2,1-4H3. The Balaban J connectivity index is 1.98. The van der Waals surface area contributed by atoms with Crippen LogP contribution >= 0.6 is 0 Å². The lowest BCUT2D eigenvalue weighted by Crippen LogP contribution is -2.50. The van der Waals surface area contributed by atoms with E-state index in [4.69, 9.17) is 4.74 Å². The zero-order valence-corrected chi connectivity index (χ0v) is 13.9. The van der Waals surface area contributed by atoms with Gasteiger partial charge >= 0.3 is 0 Å². The molecular formula is C17H29N3O. The molecule has 1 saturated heterocycles. The van der Waals surface area contributed by atoms with Crippen LogP contribution in [0, 0.1) is 6.92 Å². The summed E-state index contributed by atoms with van der Waals surface area (Å²) in [7, 11) is 3.94. The molecular weight excluding hydrogens is 262 g/mol. The summed E-state index contributed by atoms with van der Waals surface area (Å²) in [6.45, 7) is 10.5. The van der Waals surface area contributed by atoms with Gasteiger partial charge in [0.15, 0.2) is 0 Å². The topological polar surface area (TPSA) is 27.7 Å². The second kappa shape index (κ2) is 7.78. The number of piperazine rings is 1. The Kier molecular flexibility index (Phi) is 6.03. The SMILES string of the molecule is COCCNCc1ccc(N2CCN(C)CC2C)cc1C. The van der Waals surface area contributed by atoms with Gasteiger partial charge in [-0.1, -0.05) is 6.07 Å². The Morgan fingerprint density at radius 1 is 1.33 bits per heavy atom. The van der Waals surface area contributed by atoms with Crippen molar-refractivity contribution >= 4 is 5.69 Å². The largest absolute Gasteiger partial charge is 0.383 e. The van der Waals surface area contributed by atoms with Crippen LogP contribution in [0.2, 0.25) is 0 Å². The summed E-state index contributed by atoms with van der Waals surface area (Å²) in [5, 5.41) is 3.41. The van der Waals surface area contributed by atoms with Gasteiger partial charge in [0.2, 0.25) is 0 Å². The van der Waals surface area contributed by atoms with E-state index < -0.39 is 0 Å². The highest BCUT2D eigenvalue weighted by Crippen LogP contribution is 2.23. The van der Waals surface area contributed by atoms with Gasteiger partial charge in [0, 0.05) is 51.6 Å². The summed E-state index contributed by atoms with van der Waals surface area (Å²) in [4.78, 5) is 4.93. The van der Waals surface area contributed by atoms with E-state index in [0.29, 0.717) is 6.04 Å². The van der Waals surface area contributed by atoms with Crippen LogP contribution in [0.25, 0.3) is 0 Å². The number of nitrogens with zero attached hydrogens (tertiary/aromatic N) is 2. The van der Waals surface area contributed by atoms with Crippen molar-refractivity contribution in [2.24, 2.45) is 0 Å². The van der Waals surface area contributed by atoms with Crippen LogP contribution in [-0.2, 0) is 11.3 Å². The molecule has 1 fully saturated rings. The molecule has 0 aromatic heterocycles. The van der Waals surface area contributed by atoms with Crippen molar-refractivity contribution in [3.05, 3.63) is 29.3 Å².